The summed E-state index contributed by atoms with van der Waals surface area (Å²) in [7, 11) is 2.02. The maximum Gasteiger partial charge on any atom is 0.113 e. The number of nitrogens with one attached hydrogen (secondary N) is 1. The molecule has 1 atom stereocenters. The smallest absolute Gasteiger partial charge is 0.113 e. The van der Waals surface area contributed by atoms with Crippen molar-refractivity contribution in [1.82, 2.24) is 15.3 Å². The molecule has 0 saturated heterocycles. The molecule has 0 radical (unpaired) electrons. The van der Waals surface area contributed by atoms with E-state index in [4.69, 9.17) is 0 Å². The fraction of sp³-hybridized carbons (Fsp3) is 0.867. The summed E-state index contributed by atoms with van der Waals surface area (Å²) in [5.41, 5.74) is 6.57. The van der Waals surface area contributed by atoms with E-state index in [1.165, 1.54) is 11.4 Å². The van der Waals surface area contributed by atoms with E-state index in [2.05, 4.69) is 70.7 Å². The zero-order valence-corrected chi connectivity index (χ0v) is 13.7. The highest BCUT2D eigenvalue weighted by atomic mass is 15.6. The summed E-state index contributed by atoms with van der Waals surface area (Å²) >= 11 is 0. The number of hydrogen-bond acceptors (Lipinski definition) is 3. The maximum absolute atomic E-state index is 3.37. The third kappa shape index (κ3) is 2.51. The molecule has 1 heterocycles. The van der Waals surface area contributed by atoms with E-state index in [1.54, 1.807) is 0 Å². The second kappa shape index (κ2) is 4.76. The molecule has 1 aliphatic rings. The zero-order valence-electron chi connectivity index (χ0n) is 13.7. The average molecular weight is 253 g/mol. The number of rotatable bonds is 2. The second-order valence-corrected chi connectivity index (χ2v) is 7.21. The highest BCUT2D eigenvalue weighted by Crippen LogP contribution is 2.45. The largest absolute Gasteiger partial charge is 0.352 e. The topological polar surface area (TPSA) is 18.5 Å². The van der Waals surface area contributed by atoms with Crippen LogP contribution in [0, 0.1) is 10.8 Å². The van der Waals surface area contributed by atoms with Gasteiger partial charge in [-0.05, 0) is 13.8 Å². The van der Waals surface area contributed by atoms with E-state index in [1.807, 2.05) is 7.05 Å². The van der Waals surface area contributed by atoms with E-state index in [-0.39, 0.29) is 10.8 Å². The number of hydrazine groups is 1. The monoisotopic (exact) mass is 253 g/mol. The van der Waals surface area contributed by atoms with Crippen LogP contribution in [0.4, 0.5) is 0 Å². The van der Waals surface area contributed by atoms with Crippen LogP contribution in [0.15, 0.2) is 11.4 Å². The fourth-order valence-corrected chi connectivity index (χ4v) is 2.99. The molecule has 3 nitrogen and oxygen atoms in total. The van der Waals surface area contributed by atoms with Crippen LogP contribution in [0.3, 0.4) is 0 Å². The van der Waals surface area contributed by atoms with Crippen LogP contribution in [0.25, 0.3) is 0 Å². The van der Waals surface area contributed by atoms with Crippen molar-refractivity contribution >= 4 is 0 Å². The Kier molecular flexibility index (Phi) is 4.06. The highest BCUT2D eigenvalue weighted by Gasteiger charge is 2.43. The molecule has 1 rings (SSSR count). The van der Waals surface area contributed by atoms with E-state index in [0.717, 1.165) is 6.54 Å². The molecular formula is C15H31N3. The van der Waals surface area contributed by atoms with E-state index in [0.29, 0.717) is 6.17 Å². The zero-order chi connectivity index (χ0) is 14.3. The minimum Gasteiger partial charge on any atom is -0.352 e. The molecule has 3 heteroatoms. The Morgan fingerprint density at radius 1 is 1.00 bits per heavy atom. The summed E-state index contributed by atoms with van der Waals surface area (Å²) in [6.45, 7) is 19.4. The van der Waals surface area contributed by atoms with Crippen molar-refractivity contribution in [2.45, 2.75) is 61.6 Å². The molecule has 1 N–H and O–H groups in total. The average Bonchev–Trinajstić information content (AvgIpc) is 2.49. The normalized spacial score (nSPS) is 22.2. The van der Waals surface area contributed by atoms with Crippen LogP contribution >= 0.6 is 0 Å². The van der Waals surface area contributed by atoms with E-state index >= 15 is 0 Å². The molecule has 0 spiro atoms. The Bertz CT molecular complexity index is 299. The Balaban J connectivity index is 3.45. The van der Waals surface area contributed by atoms with Gasteiger partial charge < -0.3 is 4.90 Å². The van der Waals surface area contributed by atoms with Gasteiger partial charge in [0.2, 0.25) is 0 Å². The molecular weight excluding hydrogens is 222 g/mol. The predicted octanol–water partition coefficient (Wildman–Crippen LogP) is 3.41. The first kappa shape index (κ1) is 15.4. The minimum atomic E-state index is 0.143. The first-order valence-electron chi connectivity index (χ1n) is 7.04. The summed E-state index contributed by atoms with van der Waals surface area (Å²) < 4.78 is 0. The summed E-state index contributed by atoms with van der Waals surface area (Å²) in [5, 5.41) is 2.32. The molecule has 0 aromatic rings. The van der Waals surface area contributed by atoms with Crippen LogP contribution < -0.4 is 5.43 Å². The number of nitrogens with zero attached hydrogens (tertiary/aromatic N) is 2. The molecule has 0 fully saturated rings. The van der Waals surface area contributed by atoms with Gasteiger partial charge in [-0.3, -0.25) is 5.01 Å². The van der Waals surface area contributed by atoms with Crippen molar-refractivity contribution in [2.24, 2.45) is 10.8 Å². The van der Waals surface area contributed by atoms with Gasteiger partial charge in [0.05, 0.1) is 5.70 Å². The minimum absolute atomic E-state index is 0.143. The SMILES string of the molecule is CCN1C(C(C)(C)C)=C(C(C)(C)C)N(NC)C1C. The van der Waals surface area contributed by atoms with Crippen molar-refractivity contribution in [3.05, 3.63) is 11.4 Å². The predicted molar refractivity (Wildman–Crippen MR) is 78.7 cm³/mol. The maximum atomic E-state index is 3.37. The molecule has 1 unspecified atom stereocenters. The first-order chi connectivity index (χ1) is 8.05. The van der Waals surface area contributed by atoms with Crippen LogP contribution in [-0.4, -0.2) is 29.7 Å². The molecule has 18 heavy (non-hydrogen) atoms. The highest BCUT2D eigenvalue weighted by molar-refractivity contribution is 5.28. The van der Waals surface area contributed by atoms with Crippen LogP contribution in [0.1, 0.15) is 55.4 Å². The van der Waals surface area contributed by atoms with Gasteiger partial charge >= 0.3 is 0 Å². The Morgan fingerprint density at radius 3 is 1.72 bits per heavy atom. The fourth-order valence-electron chi connectivity index (χ4n) is 2.99. The Morgan fingerprint density at radius 2 is 1.44 bits per heavy atom. The van der Waals surface area contributed by atoms with Crippen molar-refractivity contribution < 1.29 is 0 Å². The molecule has 0 aliphatic carbocycles. The molecule has 1 aliphatic heterocycles. The molecule has 0 saturated carbocycles. The molecule has 0 aromatic carbocycles. The van der Waals surface area contributed by atoms with Crippen molar-refractivity contribution in [2.75, 3.05) is 13.6 Å². The molecule has 0 amide bonds. The van der Waals surface area contributed by atoms with Gasteiger partial charge in [-0.15, -0.1) is 0 Å². The van der Waals surface area contributed by atoms with E-state index in [9.17, 15) is 0 Å². The number of allylic oxidation sites excluding steroid dienone is 2. The van der Waals surface area contributed by atoms with Crippen LogP contribution in [0.5, 0.6) is 0 Å². The molecule has 106 valence electrons. The third-order valence-electron chi connectivity index (χ3n) is 3.58. The van der Waals surface area contributed by atoms with Crippen molar-refractivity contribution in [3.63, 3.8) is 0 Å². The second-order valence-electron chi connectivity index (χ2n) is 7.21. The van der Waals surface area contributed by atoms with Crippen LogP contribution in [0.2, 0.25) is 0 Å². The standard InChI is InChI=1S/C15H31N3/c1-10-17-11(2)18(16-9)13(15(6,7)8)12(17)14(3,4)5/h11,16H,10H2,1-9H3. The summed E-state index contributed by atoms with van der Waals surface area (Å²) in [6.07, 6.45) is 0.378. The lowest BCUT2D eigenvalue weighted by Crippen LogP contribution is -2.45. The van der Waals surface area contributed by atoms with Gasteiger partial charge in [0.1, 0.15) is 6.17 Å². The lowest BCUT2D eigenvalue weighted by atomic mass is 9.82. The molecule has 0 bridgehead atoms. The lowest BCUT2D eigenvalue weighted by molar-refractivity contribution is 0.0998. The van der Waals surface area contributed by atoms with Gasteiger partial charge in [-0.2, -0.15) is 0 Å². The quantitative estimate of drug-likeness (QED) is 0.813. The van der Waals surface area contributed by atoms with Gasteiger partial charge in [-0.1, -0.05) is 41.5 Å². The molecule has 0 aromatic heterocycles. The number of hydrogen-bond donors (Lipinski definition) is 1. The van der Waals surface area contributed by atoms with Gasteiger partial charge in [0.25, 0.3) is 0 Å². The Hall–Kier alpha value is -0.700. The van der Waals surface area contributed by atoms with Gasteiger partial charge in [-0.25, -0.2) is 5.43 Å². The van der Waals surface area contributed by atoms with Crippen molar-refractivity contribution in [1.29, 1.82) is 0 Å². The Labute approximate surface area is 113 Å². The van der Waals surface area contributed by atoms with Crippen molar-refractivity contribution in [3.8, 4) is 0 Å². The summed E-state index contributed by atoms with van der Waals surface area (Å²) in [5.74, 6) is 0. The van der Waals surface area contributed by atoms with E-state index < -0.39 is 0 Å². The first-order valence-corrected chi connectivity index (χ1v) is 7.04. The third-order valence-corrected chi connectivity index (χ3v) is 3.58. The lowest BCUT2D eigenvalue weighted by Gasteiger charge is -2.34. The van der Waals surface area contributed by atoms with Gasteiger partial charge in [0.15, 0.2) is 0 Å². The van der Waals surface area contributed by atoms with Crippen LogP contribution in [-0.2, 0) is 0 Å². The summed E-state index contributed by atoms with van der Waals surface area (Å²) in [6, 6.07) is 0. The summed E-state index contributed by atoms with van der Waals surface area (Å²) in [4.78, 5) is 2.51. The van der Waals surface area contributed by atoms with Gasteiger partial charge in [0, 0.05) is 30.1 Å².